The lowest BCUT2D eigenvalue weighted by atomic mass is 10.1. The molecular formula is C15H15NO5. The molecule has 0 atom stereocenters. The summed E-state index contributed by atoms with van der Waals surface area (Å²) in [7, 11) is 1.45. The lowest BCUT2D eigenvalue weighted by molar-refractivity contribution is -0.384. The minimum atomic E-state index is -0.506. The van der Waals surface area contributed by atoms with Crippen molar-refractivity contribution in [1.29, 1.82) is 0 Å². The highest BCUT2D eigenvalue weighted by Gasteiger charge is 2.14. The van der Waals surface area contributed by atoms with Crippen LogP contribution in [0.3, 0.4) is 0 Å². The molecule has 21 heavy (non-hydrogen) atoms. The van der Waals surface area contributed by atoms with Crippen LogP contribution >= 0.6 is 0 Å². The second-order valence-electron chi connectivity index (χ2n) is 4.46. The van der Waals surface area contributed by atoms with Crippen molar-refractivity contribution >= 4 is 5.69 Å². The monoisotopic (exact) mass is 289 g/mol. The molecule has 6 nitrogen and oxygen atoms in total. The van der Waals surface area contributed by atoms with Crippen LogP contribution in [0.15, 0.2) is 36.4 Å². The summed E-state index contributed by atoms with van der Waals surface area (Å²) < 4.78 is 10.8. The van der Waals surface area contributed by atoms with E-state index in [9.17, 15) is 15.2 Å². The molecule has 110 valence electrons. The van der Waals surface area contributed by atoms with Gasteiger partial charge in [-0.3, -0.25) is 10.1 Å². The van der Waals surface area contributed by atoms with Crippen molar-refractivity contribution in [2.24, 2.45) is 0 Å². The quantitative estimate of drug-likeness (QED) is 0.675. The zero-order valence-electron chi connectivity index (χ0n) is 11.7. The van der Waals surface area contributed by atoms with Gasteiger partial charge in [-0.1, -0.05) is 17.7 Å². The molecule has 2 rings (SSSR count). The number of nitro benzene ring substituents is 1. The molecule has 0 fully saturated rings. The zero-order chi connectivity index (χ0) is 15.4. The fourth-order valence-corrected chi connectivity index (χ4v) is 1.91. The van der Waals surface area contributed by atoms with Gasteiger partial charge < -0.3 is 14.6 Å². The molecule has 2 aromatic rings. The Morgan fingerprint density at radius 3 is 2.48 bits per heavy atom. The standard InChI is InChI=1S/C15H15NO5/c1-10-3-5-13(11(7-10)9-17)21-15-8-12(16(18)19)4-6-14(15)20-2/h3-8,17H,9H2,1-2H3. The van der Waals surface area contributed by atoms with Crippen molar-refractivity contribution in [2.45, 2.75) is 13.5 Å². The van der Waals surface area contributed by atoms with Crippen molar-refractivity contribution in [3.8, 4) is 17.2 Å². The molecule has 0 saturated heterocycles. The molecule has 0 aliphatic rings. The molecule has 0 saturated carbocycles. The molecule has 6 heteroatoms. The van der Waals surface area contributed by atoms with E-state index in [-0.39, 0.29) is 18.0 Å². The van der Waals surface area contributed by atoms with Gasteiger partial charge in [-0.05, 0) is 19.1 Å². The number of ether oxygens (including phenoxy) is 2. The van der Waals surface area contributed by atoms with Crippen LogP contribution in [-0.4, -0.2) is 17.1 Å². The average molecular weight is 289 g/mol. The van der Waals surface area contributed by atoms with Gasteiger partial charge in [-0.25, -0.2) is 0 Å². The number of nitro groups is 1. The third-order valence-corrected chi connectivity index (χ3v) is 2.96. The summed E-state index contributed by atoms with van der Waals surface area (Å²) in [6.07, 6.45) is 0. The van der Waals surface area contributed by atoms with Crippen LogP contribution in [0.4, 0.5) is 5.69 Å². The highest BCUT2D eigenvalue weighted by atomic mass is 16.6. The Kier molecular flexibility index (Phi) is 4.39. The van der Waals surface area contributed by atoms with Gasteiger partial charge >= 0.3 is 0 Å². The Labute approximate surface area is 121 Å². The van der Waals surface area contributed by atoms with E-state index in [0.717, 1.165) is 5.56 Å². The van der Waals surface area contributed by atoms with E-state index in [1.807, 2.05) is 13.0 Å². The average Bonchev–Trinajstić information content (AvgIpc) is 2.48. The number of aliphatic hydroxyl groups is 1. The molecule has 0 spiro atoms. The predicted molar refractivity (Wildman–Crippen MR) is 76.8 cm³/mol. The van der Waals surface area contributed by atoms with Crippen LogP contribution in [0, 0.1) is 17.0 Å². The third kappa shape index (κ3) is 3.29. The molecule has 1 N–H and O–H groups in total. The Morgan fingerprint density at radius 2 is 1.86 bits per heavy atom. The number of methoxy groups -OCH3 is 1. The number of aryl methyl sites for hydroxylation is 1. The first kappa shape index (κ1) is 14.8. The number of hydrogen-bond donors (Lipinski definition) is 1. The van der Waals surface area contributed by atoms with Gasteiger partial charge in [-0.2, -0.15) is 0 Å². The van der Waals surface area contributed by atoms with E-state index in [4.69, 9.17) is 9.47 Å². The number of benzene rings is 2. The number of aliphatic hydroxyl groups excluding tert-OH is 1. The highest BCUT2D eigenvalue weighted by Crippen LogP contribution is 2.36. The summed E-state index contributed by atoms with van der Waals surface area (Å²) in [5.74, 6) is 1.04. The molecule has 0 unspecified atom stereocenters. The first-order valence-electron chi connectivity index (χ1n) is 6.26. The van der Waals surface area contributed by atoms with Gasteiger partial charge in [-0.15, -0.1) is 0 Å². The largest absolute Gasteiger partial charge is 0.493 e. The van der Waals surface area contributed by atoms with Gasteiger partial charge in [0.15, 0.2) is 11.5 Å². The third-order valence-electron chi connectivity index (χ3n) is 2.96. The van der Waals surface area contributed by atoms with Crippen LogP contribution < -0.4 is 9.47 Å². The van der Waals surface area contributed by atoms with E-state index in [2.05, 4.69) is 0 Å². The van der Waals surface area contributed by atoms with Crippen LogP contribution in [0.25, 0.3) is 0 Å². The van der Waals surface area contributed by atoms with Crippen LogP contribution in [0.2, 0.25) is 0 Å². The Bertz CT molecular complexity index is 669. The fourth-order valence-electron chi connectivity index (χ4n) is 1.91. The topological polar surface area (TPSA) is 81.8 Å². The highest BCUT2D eigenvalue weighted by molar-refractivity contribution is 5.51. The molecule has 0 bridgehead atoms. The fraction of sp³-hybridized carbons (Fsp3) is 0.200. The molecule has 0 aromatic heterocycles. The van der Waals surface area contributed by atoms with Crippen molar-refractivity contribution in [2.75, 3.05) is 7.11 Å². The second kappa shape index (κ2) is 6.23. The van der Waals surface area contributed by atoms with Crippen molar-refractivity contribution in [1.82, 2.24) is 0 Å². The zero-order valence-corrected chi connectivity index (χ0v) is 11.7. The van der Waals surface area contributed by atoms with Crippen molar-refractivity contribution in [3.05, 3.63) is 57.6 Å². The first-order chi connectivity index (χ1) is 10.0. The summed E-state index contributed by atoms with van der Waals surface area (Å²) in [6.45, 7) is 1.71. The van der Waals surface area contributed by atoms with Gasteiger partial charge in [0.2, 0.25) is 0 Å². The van der Waals surface area contributed by atoms with Crippen LogP contribution in [0.5, 0.6) is 17.2 Å². The maximum atomic E-state index is 10.8. The van der Waals surface area contributed by atoms with Gasteiger partial charge in [0.25, 0.3) is 5.69 Å². The smallest absolute Gasteiger partial charge is 0.273 e. The summed E-state index contributed by atoms with van der Waals surface area (Å²) in [6, 6.07) is 9.44. The predicted octanol–water partition coefficient (Wildman–Crippen LogP) is 3.20. The van der Waals surface area contributed by atoms with Gasteiger partial charge in [0.1, 0.15) is 5.75 Å². The molecule has 0 aliphatic heterocycles. The van der Waals surface area contributed by atoms with E-state index in [1.54, 1.807) is 12.1 Å². The number of hydrogen-bond acceptors (Lipinski definition) is 5. The summed E-state index contributed by atoms with van der Waals surface area (Å²) in [5, 5.41) is 20.2. The van der Waals surface area contributed by atoms with E-state index in [0.29, 0.717) is 17.1 Å². The summed E-state index contributed by atoms with van der Waals surface area (Å²) in [5.41, 5.74) is 1.49. The maximum Gasteiger partial charge on any atom is 0.273 e. The van der Waals surface area contributed by atoms with E-state index < -0.39 is 4.92 Å². The molecule has 2 aromatic carbocycles. The normalized spacial score (nSPS) is 10.2. The lowest BCUT2D eigenvalue weighted by Crippen LogP contribution is -1.96. The molecule has 0 aliphatic carbocycles. The Balaban J connectivity index is 2.42. The molecule has 0 heterocycles. The minimum Gasteiger partial charge on any atom is -0.493 e. The number of rotatable bonds is 5. The Morgan fingerprint density at radius 1 is 1.14 bits per heavy atom. The maximum absolute atomic E-state index is 10.8. The van der Waals surface area contributed by atoms with E-state index in [1.165, 1.54) is 25.3 Å². The van der Waals surface area contributed by atoms with Crippen LogP contribution in [0.1, 0.15) is 11.1 Å². The van der Waals surface area contributed by atoms with Crippen molar-refractivity contribution < 1.29 is 19.5 Å². The van der Waals surface area contributed by atoms with Gasteiger partial charge in [0.05, 0.1) is 24.7 Å². The number of nitrogens with zero attached hydrogens (tertiary/aromatic N) is 1. The van der Waals surface area contributed by atoms with Gasteiger partial charge in [0, 0.05) is 11.6 Å². The SMILES string of the molecule is COc1ccc([N+](=O)[O-])cc1Oc1ccc(C)cc1CO. The number of non-ortho nitro benzene ring substituents is 1. The summed E-state index contributed by atoms with van der Waals surface area (Å²) in [4.78, 5) is 10.3. The first-order valence-corrected chi connectivity index (χ1v) is 6.26. The second-order valence-corrected chi connectivity index (χ2v) is 4.46. The Hall–Kier alpha value is -2.60. The molecule has 0 radical (unpaired) electrons. The summed E-state index contributed by atoms with van der Waals surface area (Å²) >= 11 is 0. The van der Waals surface area contributed by atoms with Crippen LogP contribution in [-0.2, 0) is 6.61 Å². The molecular weight excluding hydrogens is 274 g/mol. The van der Waals surface area contributed by atoms with E-state index >= 15 is 0 Å². The van der Waals surface area contributed by atoms with Crippen molar-refractivity contribution in [3.63, 3.8) is 0 Å². The minimum absolute atomic E-state index is 0.0940. The molecule has 0 amide bonds. The lowest BCUT2D eigenvalue weighted by Gasteiger charge is -2.13.